The Morgan fingerprint density at radius 3 is 2.47 bits per heavy atom. The van der Waals surface area contributed by atoms with E-state index in [-0.39, 0.29) is 18.0 Å². The van der Waals surface area contributed by atoms with Crippen LogP contribution in [0.1, 0.15) is 10.4 Å². The summed E-state index contributed by atoms with van der Waals surface area (Å²) in [6.45, 7) is 4.02. The summed E-state index contributed by atoms with van der Waals surface area (Å²) in [5, 5.41) is 2.56. The van der Waals surface area contributed by atoms with Crippen molar-refractivity contribution >= 4 is 17.5 Å². The molecule has 0 atom stereocenters. The van der Waals surface area contributed by atoms with E-state index in [9.17, 15) is 18.8 Å². The molecule has 2 amide bonds. The molecule has 1 aromatic carbocycles. The van der Waals surface area contributed by atoms with Crippen LogP contribution in [0.4, 0.5) is 10.1 Å². The van der Waals surface area contributed by atoms with Crippen LogP contribution >= 0.6 is 0 Å². The summed E-state index contributed by atoms with van der Waals surface area (Å²) in [5.74, 6) is -1.20. The molecule has 1 N–H and O–H groups in total. The molecule has 3 rings (SSSR count). The first-order chi connectivity index (χ1) is 14.5. The van der Waals surface area contributed by atoms with Crippen LogP contribution in [0.5, 0.6) is 0 Å². The number of nitrogens with zero attached hydrogens (tertiary/aromatic N) is 3. The zero-order valence-electron chi connectivity index (χ0n) is 16.8. The maximum Gasteiger partial charge on any atom is 0.263 e. The summed E-state index contributed by atoms with van der Waals surface area (Å²) in [6.07, 6.45) is 1.49. The summed E-state index contributed by atoms with van der Waals surface area (Å²) in [7, 11) is 1.66. The van der Waals surface area contributed by atoms with Gasteiger partial charge in [-0.3, -0.25) is 19.3 Å². The number of nitrogens with one attached hydrogen (secondary N) is 1. The Morgan fingerprint density at radius 1 is 1.10 bits per heavy atom. The molecule has 8 nitrogen and oxygen atoms in total. The second-order valence-corrected chi connectivity index (χ2v) is 7.03. The molecule has 1 saturated heterocycles. The van der Waals surface area contributed by atoms with Crippen molar-refractivity contribution in [1.82, 2.24) is 14.4 Å². The van der Waals surface area contributed by atoms with E-state index in [1.54, 1.807) is 18.1 Å². The van der Waals surface area contributed by atoms with Gasteiger partial charge in [0, 0.05) is 51.7 Å². The van der Waals surface area contributed by atoms with Crippen molar-refractivity contribution in [1.29, 1.82) is 0 Å². The van der Waals surface area contributed by atoms with Gasteiger partial charge in [0.05, 0.1) is 6.61 Å². The van der Waals surface area contributed by atoms with Crippen LogP contribution in [0, 0.1) is 5.82 Å². The van der Waals surface area contributed by atoms with Gasteiger partial charge in [-0.15, -0.1) is 0 Å². The Kier molecular flexibility index (Phi) is 7.31. The van der Waals surface area contributed by atoms with E-state index >= 15 is 0 Å². The molecule has 0 radical (unpaired) electrons. The lowest BCUT2D eigenvalue weighted by atomic mass is 10.2. The van der Waals surface area contributed by atoms with Gasteiger partial charge in [0.25, 0.3) is 11.5 Å². The number of benzene rings is 1. The number of carbonyl (C=O) groups excluding carboxylic acids is 2. The Bertz CT molecular complexity index is 937. The molecule has 160 valence electrons. The summed E-state index contributed by atoms with van der Waals surface area (Å²) in [5.41, 5.74) is -0.262. The summed E-state index contributed by atoms with van der Waals surface area (Å²) in [6, 6.07) is 8.20. The Morgan fingerprint density at radius 2 is 1.80 bits per heavy atom. The maximum absolute atomic E-state index is 13.0. The lowest BCUT2D eigenvalue weighted by Crippen LogP contribution is -2.50. The van der Waals surface area contributed by atoms with Crippen LogP contribution in [0.3, 0.4) is 0 Å². The monoisotopic (exact) mass is 416 g/mol. The third-order valence-electron chi connectivity index (χ3n) is 5.01. The number of hydrogen-bond acceptors (Lipinski definition) is 5. The van der Waals surface area contributed by atoms with Gasteiger partial charge < -0.3 is 19.5 Å². The van der Waals surface area contributed by atoms with E-state index in [0.717, 1.165) is 19.6 Å². The first-order valence-electron chi connectivity index (χ1n) is 9.73. The highest BCUT2D eigenvalue weighted by Gasteiger charge is 2.22. The highest BCUT2D eigenvalue weighted by Crippen LogP contribution is 2.09. The quantitative estimate of drug-likeness (QED) is 0.729. The average molecular weight is 416 g/mol. The number of aromatic nitrogens is 1. The lowest BCUT2D eigenvalue weighted by molar-refractivity contribution is -0.133. The van der Waals surface area contributed by atoms with E-state index in [0.29, 0.717) is 25.4 Å². The van der Waals surface area contributed by atoms with Gasteiger partial charge in [-0.25, -0.2) is 4.39 Å². The van der Waals surface area contributed by atoms with E-state index in [4.69, 9.17) is 4.74 Å². The molecule has 0 saturated carbocycles. The van der Waals surface area contributed by atoms with Crippen LogP contribution in [0.15, 0.2) is 47.4 Å². The third kappa shape index (κ3) is 5.52. The number of hydrogen-bond donors (Lipinski definition) is 1. The topological polar surface area (TPSA) is 83.9 Å². The number of pyridine rings is 1. The number of anilines is 1. The molecule has 0 bridgehead atoms. The van der Waals surface area contributed by atoms with Crippen molar-refractivity contribution in [3.05, 3.63) is 64.3 Å². The second kappa shape index (κ2) is 10.1. The smallest absolute Gasteiger partial charge is 0.263 e. The average Bonchev–Trinajstić information content (AvgIpc) is 2.75. The summed E-state index contributed by atoms with van der Waals surface area (Å²) >= 11 is 0. The lowest BCUT2D eigenvalue weighted by Gasteiger charge is -2.34. The number of methoxy groups -OCH3 is 1. The first-order valence-corrected chi connectivity index (χ1v) is 9.73. The van der Waals surface area contributed by atoms with Gasteiger partial charge >= 0.3 is 0 Å². The van der Waals surface area contributed by atoms with Crippen LogP contribution < -0.4 is 10.9 Å². The number of piperazine rings is 1. The molecule has 30 heavy (non-hydrogen) atoms. The normalized spacial score (nSPS) is 14.5. The van der Waals surface area contributed by atoms with Crippen molar-refractivity contribution < 1.29 is 18.7 Å². The van der Waals surface area contributed by atoms with Gasteiger partial charge in [0.2, 0.25) is 5.91 Å². The number of carbonyl (C=O) groups is 2. The fourth-order valence-electron chi connectivity index (χ4n) is 3.25. The zero-order chi connectivity index (χ0) is 21.5. The third-order valence-corrected chi connectivity index (χ3v) is 5.01. The predicted molar refractivity (Wildman–Crippen MR) is 110 cm³/mol. The van der Waals surface area contributed by atoms with Gasteiger partial charge in [-0.05, 0) is 36.4 Å². The number of rotatable bonds is 7. The summed E-state index contributed by atoms with van der Waals surface area (Å²) in [4.78, 5) is 41.7. The minimum absolute atomic E-state index is 0.0843. The van der Waals surface area contributed by atoms with Crippen molar-refractivity contribution in [2.75, 3.05) is 51.8 Å². The number of ether oxygens (including phenoxy) is 1. The fraction of sp³-hybridized carbons (Fsp3) is 0.381. The minimum Gasteiger partial charge on any atom is -0.383 e. The molecule has 1 fully saturated rings. The molecular weight excluding hydrogens is 391 g/mol. The standard InChI is InChI=1S/C21H25FN4O4/c1-30-14-13-24-9-11-25(12-10-24)19(27)15-26-8-2-3-18(21(26)29)20(28)23-17-6-4-16(22)5-7-17/h2-8H,9-15H2,1H3,(H,23,28). The minimum atomic E-state index is -0.611. The summed E-state index contributed by atoms with van der Waals surface area (Å²) < 4.78 is 19.3. The zero-order valence-corrected chi connectivity index (χ0v) is 16.8. The molecule has 0 aliphatic carbocycles. The van der Waals surface area contributed by atoms with Crippen LogP contribution in [0.25, 0.3) is 0 Å². The Labute approximate surface area is 173 Å². The maximum atomic E-state index is 13.0. The molecule has 2 aromatic rings. The largest absolute Gasteiger partial charge is 0.383 e. The Hall–Kier alpha value is -3.04. The van der Waals surface area contributed by atoms with E-state index < -0.39 is 17.3 Å². The van der Waals surface area contributed by atoms with Crippen LogP contribution in [0.2, 0.25) is 0 Å². The molecule has 1 aliphatic rings. The highest BCUT2D eigenvalue weighted by atomic mass is 19.1. The molecule has 1 aliphatic heterocycles. The fourth-order valence-corrected chi connectivity index (χ4v) is 3.25. The van der Waals surface area contributed by atoms with Gasteiger partial charge in [-0.2, -0.15) is 0 Å². The molecule has 9 heteroatoms. The van der Waals surface area contributed by atoms with E-state index in [2.05, 4.69) is 10.2 Å². The Balaban J connectivity index is 1.62. The number of amides is 2. The van der Waals surface area contributed by atoms with Gasteiger partial charge in [-0.1, -0.05) is 0 Å². The predicted octanol–water partition coefficient (Wildman–Crippen LogP) is 1.03. The molecule has 0 spiro atoms. The van der Waals surface area contributed by atoms with Crippen LogP contribution in [-0.4, -0.2) is 72.6 Å². The first kappa shape index (κ1) is 21.7. The van der Waals surface area contributed by atoms with Crippen LogP contribution in [-0.2, 0) is 16.1 Å². The van der Waals surface area contributed by atoms with Crippen molar-refractivity contribution in [2.24, 2.45) is 0 Å². The van der Waals surface area contributed by atoms with Crippen molar-refractivity contribution in [3.63, 3.8) is 0 Å². The van der Waals surface area contributed by atoms with E-state index in [1.807, 2.05) is 0 Å². The highest BCUT2D eigenvalue weighted by molar-refractivity contribution is 6.04. The van der Waals surface area contributed by atoms with Gasteiger partial charge in [0.1, 0.15) is 17.9 Å². The van der Waals surface area contributed by atoms with E-state index in [1.165, 1.54) is 41.1 Å². The second-order valence-electron chi connectivity index (χ2n) is 7.03. The molecule has 0 unspecified atom stereocenters. The molecule has 2 heterocycles. The molecule has 1 aromatic heterocycles. The number of halogens is 1. The SMILES string of the molecule is COCCN1CCN(C(=O)Cn2cccc(C(=O)Nc3ccc(F)cc3)c2=O)CC1. The van der Waals surface area contributed by atoms with Gasteiger partial charge in [0.15, 0.2) is 0 Å². The van der Waals surface area contributed by atoms with Crippen molar-refractivity contribution in [3.8, 4) is 0 Å². The molecular formula is C21H25FN4O4. The van der Waals surface area contributed by atoms with Crippen molar-refractivity contribution in [2.45, 2.75) is 6.54 Å².